The van der Waals surface area contributed by atoms with Crippen molar-refractivity contribution in [3.63, 3.8) is 0 Å². The van der Waals surface area contributed by atoms with Gasteiger partial charge in [-0.3, -0.25) is 4.84 Å². The van der Waals surface area contributed by atoms with Gasteiger partial charge in [0.2, 0.25) is 0 Å². The van der Waals surface area contributed by atoms with Gasteiger partial charge in [0.05, 0.1) is 5.60 Å². The third-order valence-electron chi connectivity index (χ3n) is 2.89. The van der Waals surface area contributed by atoms with E-state index in [1.54, 1.807) is 0 Å². The fourth-order valence-electron chi connectivity index (χ4n) is 1.89. The van der Waals surface area contributed by atoms with Crippen molar-refractivity contribution in [3.8, 4) is 0 Å². The zero-order chi connectivity index (χ0) is 8.32. The normalized spacial score (nSPS) is 22.1. The summed E-state index contributed by atoms with van der Waals surface area (Å²) >= 11 is 0. The zero-order valence-electron chi connectivity index (χ0n) is 7.60. The maximum absolute atomic E-state index is 5.24. The summed E-state index contributed by atoms with van der Waals surface area (Å²) in [6.45, 7) is 4.17. The number of nitrogens with two attached hydrogens (primary N) is 1. The molecule has 0 radical (unpaired) electrons. The van der Waals surface area contributed by atoms with Gasteiger partial charge in [0.25, 0.3) is 0 Å². The minimum Gasteiger partial charge on any atom is -0.298 e. The fourth-order valence-corrected chi connectivity index (χ4v) is 1.89. The molecule has 2 heteroatoms. The first-order valence-corrected chi connectivity index (χ1v) is 4.54. The van der Waals surface area contributed by atoms with Gasteiger partial charge in [0, 0.05) is 0 Å². The minimum absolute atomic E-state index is 0.111. The lowest BCUT2D eigenvalue weighted by molar-refractivity contribution is -0.0724. The predicted molar refractivity (Wildman–Crippen MR) is 45.9 cm³/mol. The van der Waals surface area contributed by atoms with E-state index < -0.39 is 0 Å². The Kier molecular flexibility index (Phi) is 2.90. The Morgan fingerprint density at radius 1 is 1.18 bits per heavy atom. The van der Waals surface area contributed by atoms with Crippen LogP contribution in [0.5, 0.6) is 0 Å². The summed E-state index contributed by atoms with van der Waals surface area (Å²) < 4.78 is 0. The molecule has 1 aliphatic rings. The summed E-state index contributed by atoms with van der Waals surface area (Å²) in [6, 6.07) is 0. The van der Waals surface area contributed by atoms with E-state index >= 15 is 0 Å². The van der Waals surface area contributed by atoms with Gasteiger partial charge in [-0.05, 0) is 32.6 Å². The monoisotopic (exact) mass is 157 g/mol. The van der Waals surface area contributed by atoms with Crippen LogP contribution in [0.15, 0.2) is 0 Å². The highest BCUT2D eigenvalue weighted by Gasteiger charge is 2.30. The average Bonchev–Trinajstić information content (AvgIpc) is 2.06. The largest absolute Gasteiger partial charge is 0.298 e. The smallest absolute Gasteiger partial charge is 0.0865 e. The third-order valence-corrected chi connectivity index (χ3v) is 2.89. The molecule has 0 bridgehead atoms. The van der Waals surface area contributed by atoms with Gasteiger partial charge in [0.15, 0.2) is 0 Å². The van der Waals surface area contributed by atoms with Crippen LogP contribution in [0.3, 0.4) is 0 Å². The quantitative estimate of drug-likeness (QED) is 0.624. The highest BCUT2D eigenvalue weighted by atomic mass is 16.6. The lowest BCUT2D eigenvalue weighted by atomic mass is 9.79. The van der Waals surface area contributed by atoms with Gasteiger partial charge < -0.3 is 0 Å². The number of rotatable bonds is 2. The van der Waals surface area contributed by atoms with Crippen molar-refractivity contribution < 1.29 is 4.84 Å². The van der Waals surface area contributed by atoms with E-state index in [0.717, 1.165) is 0 Å². The first-order valence-electron chi connectivity index (χ1n) is 4.54. The first kappa shape index (κ1) is 9.01. The Hall–Kier alpha value is -0.0800. The van der Waals surface area contributed by atoms with E-state index in [0.29, 0.717) is 5.92 Å². The zero-order valence-corrected chi connectivity index (χ0v) is 7.60. The molecule has 1 rings (SSSR count). The Labute approximate surface area is 69.1 Å². The highest BCUT2D eigenvalue weighted by molar-refractivity contribution is 4.81. The SMILES string of the molecule is CC(C)(ON)C1CCCCC1. The molecule has 1 fully saturated rings. The molecule has 0 saturated heterocycles. The molecule has 2 N–H and O–H groups in total. The van der Waals surface area contributed by atoms with Crippen LogP contribution in [0, 0.1) is 5.92 Å². The van der Waals surface area contributed by atoms with Crippen LogP contribution in [0.1, 0.15) is 46.0 Å². The van der Waals surface area contributed by atoms with Gasteiger partial charge in [0.1, 0.15) is 0 Å². The molecule has 0 aromatic heterocycles. The summed E-state index contributed by atoms with van der Waals surface area (Å²) in [5.74, 6) is 5.90. The summed E-state index contributed by atoms with van der Waals surface area (Å²) in [4.78, 5) is 4.98. The van der Waals surface area contributed by atoms with Gasteiger partial charge >= 0.3 is 0 Å². The molecule has 0 atom stereocenters. The number of hydrogen-bond acceptors (Lipinski definition) is 2. The second-order valence-electron chi connectivity index (χ2n) is 4.06. The second kappa shape index (κ2) is 3.55. The van der Waals surface area contributed by atoms with Crippen LogP contribution in [0.2, 0.25) is 0 Å². The van der Waals surface area contributed by atoms with Crippen LogP contribution in [-0.4, -0.2) is 5.60 Å². The topological polar surface area (TPSA) is 35.2 Å². The number of hydrogen-bond donors (Lipinski definition) is 1. The van der Waals surface area contributed by atoms with E-state index in [1.165, 1.54) is 32.1 Å². The van der Waals surface area contributed by atoms with Gasteiger partial charge in [-0.1, -0.05) is 19.3 Å². The van der Waals surface area contributed by atoms with Crippen LogP contribution >= 0.6 is 0 Å². The van der Waals surface area contributed by atoms with E-state index in [1.807, 2.05) is 0 Å². The molecule has 66 valence electrons. The van der Waals surface area contributed by atoms with Gasteiger partial charge in [-0.2, -0.15) is 0 Å². The molecule has 0 aliphatic heterocycles. The van der Waals surface area contributed by atoms with Crippen LogP contribution < -0.4 is 5.90 Å². The molecule has 1 saturated carbocycles. The van der Waals surface area contributed by atoms with E-state index in [-0.39, 0.29) is 5.60 Å². The Bertz CT molecular complexity index is 117. The van der Waals surface area contributed by atoms with Crippen molar-refractivity contribution in [2.75, 3.05) is 0 Å². The van der Waals surface area contributed by atoms with E-state index in [4.69, 9.17) is 10.7 Å². The van der Waals surface area contributed by atoms with Crippen LogP contribution in [0.25, 0.3) is 0 Å². The molecular weight excluding hydrogens is 138 g/mol. The van der Waals surface area contributed by atoms with E-state index in [2.05, 4.69) is 13.8 Å². The predicted octanol–water partition coefficient (Wildman–Crippen LogP) is 2.24. The summed E-state index contributed by atoms with van der Waals surface area (Å²) in [5.41, 5.74) is -0.111. The molecule has 1 aliphatic carbocycles. The second-order valence-corrected chi connectivity index (χ2v) is 4.06. The highest BCUT2D eigenvalue weighted by Crippen LogP contribution is 2.33. The minimum atomic E-state index is -0.111. The summed E-state index contributed by atoms with van der Waals surface area (Å²) in [7, 11) is 0. The van der Waals surface area contributed by atoms with E-state index in [9.17, 15) is 0 Å². The molecular formula is C9H19NO. The Morgan fingerprint density at radius 2 is 1.73 bits per heavy atom. The first-order chi connectivity index (χ1) is 5.17. The van der Waals surface area contributed by atoms with Gasteiger partial charge in [-0.25, -0.2) is 5.90 Å². The van der Waals surface area contributed by atoms with Crippen molar-refractivity contribution in [1.29, 1.82) is 0 Å². The lowest BCUT2D eigenvalue weighted by Gasteiger charge is -2.34. The van der Waals surface area contributed by atoms with Crippen molar-refractivity contribution in [3.05, 3.63) is 0 Å². The molecule has 0 amide bonds. The maximum atomic E-state index is 5.24. The molecule has 0 aromatic carbocycles. The van der Waals surface area contributed by atoms with Crippen molar-refractivity contribution in [2.45, 2.75) is 51.6 Å². The maximum Gasteiger partial charge on any atom is 0.0865 e. The molecule has 2 nitrogen and oxygen atoms in total. The average molecular weight is 157 g/mol. The standard InChI is InChI=1S/C9H19NO/c1-9(2,11-10)8-6-4-3-5-7-8/h8H,3-7,10H2,1-2H3. The van der Waals surface area contributed by atoms with Crippen molar-refractivity contribution >= 4 is 0 Å². The van der Waals surface area contributed by atoms with Gasteiger partial charge in [-0.15, -0.1) is 0 Å². The van der Waals surface area contributed by atoms with Crippen molar-refractivity contribution in [2.24, 2.45) is 11.8 Å². The lowest BCUT2D eigenvalue weighted by Crippen LogP contribution is -2.38. The Morgan fingerprint density at radius 3 is 2.18 bits per heavy atom. The molecule has 0 unspecified atom stereocenters. The van der Waals surface area contributed by atoms with Crippen molar-refractivity contribution in [1.82, 2.24) is 0 Å². The third kappa shape index (κ3) is 2.17. The molecule has 0 heterocycles. The van der Waals surface area contributed by atoms with Crippen LogP contribution in [-0.2, 0) is 4.84 Å². The molecule has 0 aromatic rings. The summed E-state index contributed by atoms with van der Waals surface area (Å²) in [5, 5.41) is 0. The summed E-state index contributed by atoms with van der Waals surface area (Å²) in [6.07, 6.45) is 6.64. The molecule has 0 spiro atoms. The Balaban J connectivity index is 2.43. The molecule has 11 heavy (non-hydrogen) atoms. The van der Waals surface area contributed by atoms with Crippen LogP contribution in [0.4, 0.5) is 0 Å². The fraction of sp³-hybridized carbons (Fsp3) is 1.00.